The molecule has 2 rings (SSSR count). The zero-order valence-corrected chi connectivity index (χ0v) is 14.7. The third kappa shape index (κ3) is 5.31. The van der Waals surface area contributed by atoms with E-state index >= 15 is 0 Å². The second kappa shape index (κ2) is 8.83. The first-order valence-corrected chi connectivity index (χ1v) is 8.23. The molecule has 0 aliphatic rings. The fraction of sp³-hybridized carbons (Fsp3) is 0.238. The molecule has 4 heteroatoms. The van der Waals surface area contributed by atoms with Gasteiger partial charge in [-0.1, -0.05) is 37.3 Å². The standard InChI is InChI=1S/C21H22O4/c1-4-15(3)14-24-21(23)18-8-6-16(7-9-18)17-10-12-19(13-11-17)25-20(22)5-2/h4,6-13H,5,14H2,1-3H3. The molecule has 0 radical (unpaired) electrons. The number of carbonyl (C=O) groups excluding carboxylic acids is 2. The molecule has 0 atom stereocenters. The van der Waals surface area contributed by atoms with E-state index in [2.05, 4.69) is 0 Å². The highest BCUT2D eigenvalue weighted by Crippen LogP contribution is 2.23. The Morgan fingerprint density at radius 3 is 2.04 bits per heavy atom. The lowest BCUT2D eigenvalue weighted by Crippen LogP contribution is -2.07. The molecule has 0 amide bonds. The van der Waals surface area contributed by atoms with Crippen molar-refractivity contribution >= 4 is 11.9 Å². The second-order valence-electron chi connectivity index (χ2n) is 5.64. The summed E-state index contributed by atoms with van der Waals surface area (Å²) in [5.74, 6) is -0.0755. The van der Waals surface area contributed by atoms with Gasteiger partial charge in [0, 0.05) is 6.42 Å². The zero-order chi connectivity index (χ0) is 18.2. The summed E-state index contributed by atoms with van der Waals surface area (Å²) in [4.78, 5) is 23.3. The SMILES string of the molecule is CC=C(C)COC(=O)c1ccc(-c2ccc(OC(=O)CC)cc2)cc1. The minimum absolute atomic E-state index is 0.260. The Balaban J connectivity index is 2.04. The molecule has 0 N–H and O–H groups in total. The second-order valence-corrected chi connectivity index (χ2v) is 5.64. The maximum atomic E-state index is 12.0. The van der Waals surface area contributed by atoms with Crippen molar-refractivity contribution in [3.8, 4) is 16.9 Å². The fourth-order valence-electron chi connectivity index (χ4n) is 2.06. The minimum Gasteiger partial charge on any atom is -0.458 e. The molecule has 130 valence electrons. The van der Waals surface area contributed by atoms with E-state index in [4.69, 9.17) is 9.47 Å². The number of hydrogen-bond donors (Lipinski definition) is 0. The Labute approximate surface area is 148 Å². The predicted molar refractivity (Wildman–Crippen MR) is 97.5 cm³/mol. The van der Waals surface area contributed by atoms with Crippen LogP contribution in [0.2, 0.25) is 0 Å². The molecule has 0 saturated heterocycles. The lowest BCUT2D eigenvalue weighted by atomic mass is 10.0. The maximum absolute atomic E-state index is 12.0. The highest BCUT2D eigenvalue weighted by atomic mass is 16.5. The van der Waals surface area contributed by atoms with Gasteiger partial charge in [-0.3, -0.25) is 4.79 Å². The van der Waals surface area contributed by atoms with E-state index in [9.17, 15) is 9.59 Å². The van der Waals surface area contributed by atoms with Crippen LogP contribution in [0.25, 0.3) is 11.1 Å². The zero-order valence-electron chi connectivity index (χ0n) is 14.7. The molecule has 0 aromatic heterocycles. The van der Waals surface area contributed by atoms with Crippen molar-refractivity contribution in [2.24, 2.45) is 0 Å². The van der Waals surface area contributed by atoms with E-state index in [-0.39, 0.29) is 11.9 Å². The lowest BCUT2D eigenvalue weighted by Gasteiger charge is -2.07. The van der Waals surface area contributed by atoms with Gasteiger partial charge in [0.1, 0.15) is 12.4 Å². The average molecular weight is 338 g/mol. The summed E-state index contributed by atoms with van der Waals surface area (Å²) in [5, 5.41) is 0. The van der Waals surface area contributed by atoms with Crippen LogP contribution in [0, 0.1) is 0 Å². The van der Waals surface area contributed by atoms with Crippen molar-refractivity contribution in [3.05, 3.63) is 65.7 Å². The number of hydrogen-bond acceptors (Lipinski definition) is 4. The fourth-order valence-corrected chi connectivity index (χ4v) is 2.06. The van der Waals surface area contributed by atoms with E-state index in [0.29, 0.717) is 24.3 Å². The summed E-state index contributed by atoms with van der Waals surface area (Å²) in [6.07, 6.45) is 2.25. The van der Waals surface area contributed by atoms with Gasteiger partial charge in [-0.15, -0.1) is 0 Å². The van der Waals surface area contributed by atoms with Crippen molar-refractivity contribution in [3.63, 3.8) is 0 Å². The first-order valence-electron chi connectivity index (χ1n) is 8.23. The molecule has 25 heavy (non-hydrogen) atoms. The number of ether oxygens (including phenoxy) is 2. The summed E-state index contributed by atoms with van der Waals surface area (Å²) in [6, 6.07) is 14.5. The number of allylic oxidation sites excluding steroid dienone is 1. The molecule has 2 aromatic carbocycles. The summed E-state index contributed by atoms with van der Waals surface area (Å²) >= 11 is 0. The van der Waals surface area contributed by atoms with Crippen molar-refractivity contribution in [1.29, 1.82) is 0 Å². The van der Waals surface area contributed by atoms with Gasteiger partial charge in [-0.2, -0.15) is 0 Å². The van der Waals surface area contributed by atoms with Crippen LogP contribution in [-0.4, -0.2) is 18.5 Å². The van der Waals surface area contributed by atoms with E-state index in [1.807, 2.05) is 44.2 Å². The normalized spacial score (nSPS) is 11.1. The molecule has 2 aromatic rings. The van der Waals surface area contributed by atoms with Gasteiger partial charge in [-0.05, 0) is 54.8 Å². The van der Waals surface area contributed by atoms with Crippen LogP contribution in [-0.2, 0) is 9.53 Å². The molecule has 0 bridgehead atoms. The Morgan fingerprint density at radius 2 is 1.52 bits per heavy atom. The molecule has 0 unspecified atom stereocenters. The molecule has 0 saturated carbocycles. The van der Waals surface area contributed by atoms with Crippen molar-refractivity contribution in [1.82, 2.24) is 0 Å². The Kier molecular flexibility index (Phi) is 6.52. The van der Waals surface area contributed by atoms with E-state index in [1.54, 1.807) is 31.2 Å². The van der Waals surface area contributed by atoms with Gasteiger partial charge < -0.3 is 9.47 Å². The molecule has 4 nitrogen and oxygen atoms in total. The summed E-state index contributed by atoms with van der Waals surface area (Å²) < 4.78 is 10.4. The van der Waals surface area contributed by atoms with E-state index in [0.717, 1.165) is 16.7 Å². The van der Waals surface area contributed by atoms with Gasteiger partial charge in [0.15, 0.2) is 0 Å². The average Bonchev–Trinajstić information content (AvgIpc) is 2.66. The monoisotopic (exact) mass is 338 g/mol. The van der Waals surface area contributed by atoms with Crippen LogP contribution in [0.1, 0.15) is 37.6 Å². The number of carbonyl (C=O) groups is 2. The Hall–Kier alpha value is -2.88. The third-order valence-corrected chi connectivity index (χ3v) is 3.75. The Bertz CT molecular complexity index is 755. The molecular formula is C21H22O4. The minimum atomic E-state index is -0.338. The smallest absolute Gasteiger partial charge is 0.338 e. The number of esters is 2. The van der Waals surface area contributed by atoms with Gasteiger partial charge in [0.2, 0.25) is 0 Å². The number of benzene rings is 2. The van der Waals surface area contributed by atoms with Crippen molar-refractivity contribution < 1.29 is 19.1 Å². The maximum Gasteiger partial charge on any atom is 0.338 e. The first-order chi connectivity index (χ1) is 12.0. The third-order valence-electron chi connectivity index (χ3n) is 3.75. The molecule has 0 fully saturated rings. The van der Waals surface area contributed by atoms with E-state index < -0.39 is 0 Å². The molecule has 0 aliphatic carbocycles. The quantitative estimate of drug-likeness (QED) is 0.431. The molecule has 0 heterocycles. The molecule has 0 spiro atoms. The highest BCUT2D eigenvalue weighted by molar-refractivity contribution is 5.90. The van der Waals surface area contributed by atoms with Gasteiger partial charge in [0.25, 0.3) is 0 Å². The van der Waals surface area contributed by atoms with Gasteiger partial charge in [-0.25, -0.2) is 4.79 Å². The van der Waals surface area contributed by atoms with Crippen molar-refractivity contribution in [2.75, 3.05) is 6.61 Å². The van der Waals surface area contributed by atoms with Crippen LogP contribution < -0.4 is 4.74 Å². The van der Waals surface area contributed by atoms with Gasteiger partial charge >= 0.3 is 11.9 Å². The van der Waals surface area contributed by atoms with Crippen LogP contribution >= 0.6 is 0 Å². The van der Waals surface area contributed by atoms with Gasteiger partial charge in [0.05, 0.1) is 5.56 Å². The predicted octanol–water partition coefficient (Wildman–Crippen LogP) is 4.79. The van der Waals surface area contributed by atoms with Crippen LogP contribution in [0.4, 0.5) is 0 Å². The topological polar surface area (TPSA) is 52.6 Å². The summed E-state index contributed by atoms with van der Waals surface area (Å²) in [6.45, 7) is 5.88. The van der Waals surface area contributed by atoms with Crippen LogP contribution in [0.5, 0.6) is 5.75 Å². The molecular weight excluding hydrogens is 316 g/mol. The largest absolute Gasteiger partial charge is 0.458 e. The van der Waals surface area contributed by atoms with Crippen molar-refractivity contribution in [2.45, 2.75) is 27.2 Å². The highest BCUT2D eigenvalue weighted by Gasteiger charge is 2.08. The summed E-state index contributed by atoms with van der Waals surface area (Å²) in [7, 11) is 0. The molecule has 0 aliphatic heterocycles. The Morgan fingerprint density at radius 1 is 0.960 bits per heavy atom. The first kappa shape index (κ1) is 18.5. The van der Waals surface area contributed by atoms with Crippen LogP contribution in [0.15, 0.2) is 60.2 Å². The summed E-state index contributed by atoms with van der Waals surface area (Å²) in [5.41, 5.74) is 3.46. The lowest BCUT2D eigenvalue weighted by molar-refractivity contribution is -0.134. The van der Waals surface area contributed by atoms with Crippen LogP contribution in [0.3, 0.4) is 0 Å². The van der Waals surface area contributed by atoms with E-state index in [1.165, 1.54) is 0 Å². The number of rotatable bonds is 6.